The van der Waals surface area contributed by atoms with Gasteiger partial charge < -0.3 is 14.5 Å². The zero-order valence-electron chi connectivity index (χ0n) is 14.3. The molecule has 1 amide bonds. The van der Waals surface area contributed by atoms with Crippen molar-refractivity contribution in [2.45, 2.75) is 94.7 Å². The Bertz CT molecular complexity index is 567. The van der Waals surface area contributed by atoms with Gasteiger partial charge >= 0.3 is 0 Å². The Balaban J connectivity index is 1.54. The Labute approximate surface area is 143 Å². The third-order valence-electron chi connectivity index (χ3n) is 5.99. The fourth-order valence-electron chi connectivity index (χ4n) is 4.41. The molecule has 3 saturated carbocycles. The third-order valence-corrected chi connectivity index (χ3v) is 5.99. The standard InChI is InChI=1S/C19H28N2O3/c22-16-10-8-15(9-11-16)21(14-4-2-1-3-5-14)19(23)17-12-18(24-20-17)13-6-7-13/h12-16,22H,1-11H2. The number of carbonyl (C=O) groups is 1. The summed E-state index contributed by atoms with van der Waals surface area (Å²) in [6, 6.07) is 2.44. The van der Waals surface area contributed by atoms with Crippen molar-refractivity contribution in [1.29, 1.82) is 0 Å². The second-order valence-electron chi connectivity index (χ2n) is 7.86. The predicted octanol–water partition coefficient (Wildman–Crippen LogP) is 3.63. The van der Waals surface area contributed by atoms with Crippen molar-refractivity contribution < 1.29 is 14.4 Å². The van der Waals surface area contributed by atoms with Crippen LogP contribution in [0.1, 0.15) is 92.8 Å². The minimum Gasteiger partial charge on any atom is -0.393 e. The average molecular weight is 332 g/mol. The maximum atomic E-state index is 13.2. The number of carbonyl (C=O) groups excluding carboxylic acids is 1. The molecule has 0 unspecified atom stereocenters. The van der Waals surface area contributed by atoms with Gasteiger partial charge in [-0.05, 0) is 51.4 Å². The van der Waals surface area contributed by atoms with Crippen molar-refractivity contribution >= 4 is 5.91 Å². The van der Waals surface area contributed by atoms with E-state index in [4.69, 9.17) is 4.52 Å². The van der Waals surface area contributed by atoms with E-state index in [1.54, 1.807) is 0 Å². The van der Waals surface area contributed by atoms with E-state index < -0.39 is 0 Å². The molecular weight excluding hydrogens is 304 g/mol. The second kappa shape index (κ2) is 6.87. The van der Waals surface area contributed by atoms with Crippen molar-refractivity contribution in [2.24, 2.45) is 0 Å². The first-order valence-corrected chi connectivity index (χ1v) is 9.69. The highest BCUT2D eigenvalue weighted by molar-refractivity contribution is 5.92. The molecule has 0 atom stereocenters. The molecule has 1 N–H and O–H groups in total. The lowest BCUT2D eigenvalue weighted by atomic mass is 9.87. The summed E-state index contributed by atoms with van der Waals surface area (Å²) in [5.74, 6) is 1.40. The van der Waals surface area contributed by atoms with Crippen LogP contribution in [-0.4, -0.2) is 39.3 Å². The maximum absolute atomic E-state index is 13.2. The first-order valence-electron chi connectivity index (χ1n) is 9.69. The zero-order chi connectivity index (χ0) is 16.5. The molecule has 3 aliphatic carbocycles. The zero-order valence-corrected chi connectivity index (χ0v) is 14.3. The van der Waals surface area contributed by atoms with Crippen molar-refractivity contribution in [1.82, 2.24) is 10.1 Å². The van der Waals surface area contributed by atoms with Crippen molar-refractivity contribution in [3.63, 3.8) is 0 Å². The largest absolute Gasteiger partial charge is 0.393 e. The summed E-state index contributed by atoms with van der Waals surface area (Å²) < 4.78 is 5.41. The van der Waals surface area contributed by atoms with Crippen LogP contribution in [0, 0.1) is 0 Å². The second-order valence-corrected chi connectivity index (χ2v) is 7.86. The van der Waals surface area contributed by atoms with Crippen LogP contribution in [0.5, 0.6) is 0 Å². The van der Waals surface area contributed by atoms with E-state index in [9.17, 15) is 9.90 Å². The predicted molar refractivity (Wildman–Crippen MR) is 89.8 cm³/mol. The molecule has 0 bridgehead atoms. The lowest BCUT2D eigenvalue weighted by Gasteiger charge is -2.42. The molecule has 0 saturated heterocycles. The van der Waals surface area contributed by atoms with Crippen LogP contribution in [0.15, 0.2) is 10.6 Å². The summed E-state index contributed by atoms with van der Waals surface area (Å²) in [4.78, 5) is 15.3. The average Bonchev–Trinajstić information content (AvgIpc) is 3.35. The van der Waals surface area contributed by atoms with E-state index >= 15 is 0 Å². The molecule has 0 aromatic carbocycles. The molecule has 3 fully saturated rings. The van der Waals surface area contributed by atoms with Gasteiger partial charge in [-0.1, -0.05) is 24.4 Å². The van der Waals surface area contributed by atoms with E-state index in [-0.39, 0.29) is 18.1 Å². The molecule has 0 radical (unpaired) electrons. The minimum absolute atomic E-state index is 0.0407. The SMILES string of the molecule is O=C(c1cc(C2CC2)on1)N(C1CCCCC1)C1CCC(O)CC1. The number of amides is 1. The molecule has 1 heterocycles. The van der Waals surface area contributed by atoms with Gasteiger partial charge in [0.05, 0.1) is 6.10 Å². The summed E-state index contributed by atoms with van der Waals surface area (Å²) in [6.07, 6.45) is 11.4. The summed E-state index contributed by atoms with van der Waals surface area (Å²) in [5.41, 5.74) is 0.480. The van der Waals surface area contributed by atoms with Gasteiger partial charge in [-0.25, -0.2) is 0 Å². The fourth-order valence-corrected chi connectivity index (χ4v) is 4.41. The molecule has 3 aliphatic rings. The summed E-state index contributed by atoms with van der Waals surface area (Å²) in [6.45, 7) is 0. The summed E-state index contributed by atoms with van der Waals surface area (Å²) in [5, 5.41) is 13.9. The Morgan fingerprint density at radius 1 is 1.00 bits per heavy atom. The minimum atomic E-state index is -0.196. The Hall–Kier alpha value is -1.36. The highest BCUT2D eigenvalue weighted by Crippen LogP contribution is 2.40. The van der Waals surface area contributed by atoms with E-state index in [0.717, 1.165) is 57.1 Å². The lowest BCUT2D eigenvalue weighted by molar-refractivity contribution is 0.0296. The first kappa shape index (κ1) is 16.1. The first-order chi connectivity index (χ1) is 11.7. The van der Waals surface area contributed by atoms with E-state index in [1.807, 2.05) is 6.07 Å². The monoisotopic (exact) mass is 332 g/mol. The molecule has 24 heavy (non-hydrogen) atoms. The van der Waals surface area contributed by atoms with Crippen LogP contribution in [-0.2, 0) is 0 Å². The van der Waals surface area contributed by atoms with Crippen molar-refractivity contribution in [2.75, 3.05) is 0 Å². The van der Waals surface area contributed by atoms with E-state index in [0.29, 0.717) is 17.7 Å². The van der Waals surface area contributed by atoms with Gasteiger partial charge in [0.2, 0.25) is 0 Å². The van der Waals surface area contributed by atoms with Gasteiger partial charge in [0, 0.05) is 24.1 Å². The number of hydrogen-bond acceptors (Lipinski definition) is 4. The molecule has 1 aromatic rings. The molecule has 5 nitrogen and oxygen atoms in total. The van der Waals surface area contributed by atoms with Crippen LogP contribution in [0.3, 0.4) is 0 Å². The third kappa shape index (κ3) is 3.37. The quantitative estimate of drug-likeness (QED) is 0.914. The number of hydrogen-bond donors (Lipinski definition) is 1. The Morgan fingerprint density at radius 2 is 1.67 bits per heavy atom. The molecule has 132 valence electrons. The number of aromatic nitrogens is 1. The van der Waals surface area contributed by atoms with Crippen LogP contribution >= 0.6 is 0 Å². The number of aliphatic hydroxyl groups excluding tert-OH is 1. The number of aliphatic hydroxyl groups is 1. The van der Waals surface area contributed by atoms with E-state index in [2.05, 4.69) is 10.1 Å². The molecule has 0 aliphatic heterocycles. The van der Waals surface area contributed by atoms with Gasteiger partial charge in [-0.2, -0.15) is 0 Å². The van der Waals surface area contributed by atoms with Gasteiger partial charge in [-0.15, -0.1) is 0 Å². The Morgan fingerprint density at radius 3 is 2.33 bits per heavy atom. The lowest BCUT2D eigenvalue weighted by Crippen LogP contribution is -2.49. The fraction of sp³-hybridized carbons (Fsp3) is 0.789. The topological polar surface area (TPSA) is 66.6 Å². The van der Waals surface area contributed by atoms with Gasteiger partial charge in [0.15, 0.2) is 5.69 Å². The normalized spacial score (nSPS) is 28.7. The van der Waals surface area contributed by atoms with Crippen molar-refractivity contribution in [3.05, 3.63) is 17.5 Å². The summed E-state index contributed by atoms with van der Waals surface area (Å²) >= 11 is 0. The molecule has 4 rings (SSSR count). The molecule has 0 spiro atoms. The maximum Gasteiger partial charge on any atom is 0.276 e. The van der Waals surface area contributed by atoms with Gasteiger partial charge in [0.25, 0.3) is 5.91 Å². The van der Waals surface area contributed by atoms with Gasteiger partial charge in [0.1, 0.15) is 5.76 Å². The van der Waals surface area contributed by atoms with E-state index in [1.165, 1.54) is 19.3 Å². The molecule has 5 heteroatoms. The van der Waals surface area contributed by atoms with Crippen molar-refractivity contribution in [3.8, 4) is 0 Å². The van der Waals surface area contributed by atoms with Crippen LogP contribution in [0.25, 0.3) is 0 Å². The van der Waals surface area contributed by atoms with Crippen LogP contribution < -0.4 is 0 Å². The number of nitrogens with zero attached hydrogens (tertiary/aromatic N) is 2. The van der Waals surface area contributed by atoms with Crippen LogP contribution in [0.4, 0.5) is 0 Å². The Kier molecular flexibility index (Phi) is 4.61. The smallest absolute Gasteiger partial charge is 0.276 e. The number of rotatable bonds is 4. The summed E-state index contributed by atoms with van der Waals surface area (Å²) in [7, 11) is 0. The highest BCUT2D eigenvalue weighted by Gasteiger charge is 2.36. The van der Waals surface area contributed by atoms with Gasteiger partial charge in [-0.3, -0.25) is 4.79 Å². The molecule has 1 aromatic heterocycles. The van der Waals surface area contributed by atoms with Crippen LogP contribution in [0.2, 0.25) is 0 Å². The highest BCUT2D eigenvalue weighted by atomic mass is 16.5. The molecular formula is C19H28N2O3.